The van der Waals surface area contributed by atoms with Crippen LogP contribution in [0.1, 0.15) is 34.6 Å². The Labute approximate surface area is 102 Å². The van der Waals surface area contributed by atoms with Gasteiger partial charge < -0.3 is 9.84 Å². The van der Waals surface area contributed by atoms with Crippen molar-refractivity contribution in [1.82, 2.24) is 0 Å². The monoisotopic (exact) mass is 240 g/mol. The van der Waals surface area contributed by atoms with Gasteiger partial charge in [0.2, 0.25) is 0 Å². The summed E-state index contributed by atoms with van der Waals surface area (Å²) in [5.41, 5.74) is 0.687. The molecular weight excluding hydrogens is 220 g/mol. The fourth-order valence-electron chi connectivity index (χ4n) is 1.01. The summed E-state index contributed by atoms with van der Waals surface area (Å²) in [6.45, 7) is 8.63. The molecule has 0 aliphatic carbocycles. The van der Waals surface area contributed by atoms with Crippen LogP contribution in [0.15, 0.2) is 23.3 Å². The second-order valence-electron chi connectivity index (χ2n) is 4.24. The van der Waals surface area contributed by atoms with Gasteiger partial charge in [0.25, 0.3) is 0 Å². The highest BCUT2D eigenvalue weighted by molar-refractivity contribution is 5.88. The van der Waals surface area contributed by atoms with Gasteiger partial charge in [0.05, 0.1) is 0 Å². The summed E-state index contributed by atoms with van der Waals surface area (Å²) in [6, 6.07) is 0. The average molecular weight is 240 g/mol. The lowest BCUT2D eigenvalue weighted by atomic mass is 10.0. The van der Waals surface area contributed by atoms with Crippen LogP contribution in [0.4, 0.5) is 0 Å². The van der Waals surface area contributed by atoms with Crippen LogP contribution in [0.3, 0.4) is 0 Å². The Hall–Kier alpha value is -1.58. The molecule has 0 saturated carbocycles. The van der Waals surface area contributed by atoms with Crippen LogP contribution in [0.2, 0.25) is 0 Å². The van der Waals surface area contributed by atoms with Gasteiger partial charge in [-0.25, -0.2) is 9.59 Å². The molecule has 0 aromatic carbocycles. The number of carboxylic acid groups (broad SMARTS) is 1. The van der Waals surface area contributed by atoms with Crippen LogP contribution in [0, 0.1) is 5.92 Å². The highest BCUT2D eigenvalue weighted by Crippen LogP contribution is 2.13. The van der Waals surface area contributed by atoms with Gasteiger partial charge >= 0.3 is 11.9 Å². The second kappa shape index (κ2) is 6.89. The number of ether oxygens (including phenoxy) is 1. The zero-order valence-corrected chi connectivity index (χ0v) is 11.0. The summed E-state index contributed by atoms with van der Waals surface area (Å²) in [5, 5.41) is 8.78. The number of rotatable bonds is 5. The number of esters is 1. The molecule has 0 radical (unpaired) electrons. The Morgan fingerprint density at radius 2 is 1.71 bits per heavy atom. The van der Waals surface area contributed by atoms with E-state index >= 15 is 0 Å². The minimum Gasteiger partial charge on any atom is -0.478 e. The molecule has 0 aromatic rings. The summed E-state index contributed by atoms with van der Waals surface area (Å²) < 4.78 is 5.24. The van der Waals surface area contributed by atoms with Crippen molar-refractivity contribution in [3.05, 3.63) is 23.3 Å². The molecule has 1 N–H and O–H groups in total. The van der Waals surface area contributed by atoms with E-state index < -0.39 is 18.0 Å². The first-order valence-corrected chi connectivity index (χ1v) is 5.55. The second-order valence-corrected chi connectivity index (χ2v) is 4.24. The summed E-state index contributed by atoms with van der Waals surface area (Å²) in [6.07, 6.45) is 2.61. The Morgan fingerprint density at radius 1 is 1.18 bits per heavy atom. The third-order valence-electron chi connectivity index (χ3n) is 2.41. The van der Waals surface area contributed by atoms with E-state index in [1.54, 1.807) is 19.9 Å². The van der Waals surface area contributed by atoms with Crippen molar-refractivity contribution in [2.45, 2.75) is 40.7 Å². The average Bonchev–Trinajstić information content (AvgIpc) is 2.26. The Balaban J connectivity index is 4.85. The molecule has 1 atom stereocenters. The van der Waals surface area contributed by atoms with Gasteiger partial charge in [-0.15, -0.1) is 0 Å². The smallest absolute Gasteiger partial charge is 0.333 e. The first-order valence-electron chi connectivity index (χ1n) is 5.55. The SMILES string of the molecule is CC=C(C)C(=O)OC(C=C(C)C(=O)O)C(C)C. The number of aliphatic carboxylic acids is 1. The molecular formula is C13H20O4. The van der Waals surface area contributed by atoms with Crippen molar-refractivity contribution in [3.63, 3.8) is 0 Å². The molecule has 0 aliphatic heterocycles. The topological polar surface area (TPSA) is 63.6 Å². The third-order valence-corrected chi connectivity index (χ3v) is 2.41. The van der Waals surface area contributed by atoms with E-state index in [-0.39, 0.29) is 11.5 Å². The van der Waals surface area contributed by atoms with Crippen LogP contribution in [0.5, 0.6) is 0 Å². The quantitative estimate of drug-likeness (QED) is 0.592. The number of hydrogen-bond donors (Lipinski definition) is 1. The lowest BCUT2D eigenvalue weighted by molar-refractivity contribution is -0.144. The first kappa shape index (κ1) is 15.4. The molecule has 0 rings (SSSR count). The molecule has 17 heavy (non-hydrogen) atoms. The van der Waals surface area contributed by atoms with E-state index in [0.29, 0.717) is 5.57 Å². The van der Waals surface area contributed by atoms with E-state index in [0.717, 1.165) is 0 Å². The Bertz CT molecular complexity index is 350. The van der Waals surface area contributed by atoms with Crippen LogP contribution in [-0.2, 0) is 14.3 Å². The van der Waals surface area contributed by atoms with Crippen molar-refractivity contribution in [3.8, 4) is 0 Å². The molecule has 0 saturated heterocycles. The number of carbonyl (C=O) groups is 2. The summed E-state index contributed by atoms with van der Waals surface area (Å²) in [7, 11) is 0. The van der Waals surface area contributed by atoms with Crippen molar-refractivity contribution in [1.29, 1.82) is 0 Å². The van der Waals surface area contributed by atoms with Gasteiger partial charge in [-0.05, 0) is 32.8 Å². The van der Waals surface area contributed by atoms with E-state index in [9.17, 15) is 9.59 Å². The number of carbonyl (C=O) groups excluding carboxylic acids is 1. The minimum atomic E-state index is -1.01. The van der Waals surface area contributed by atoms with Gasteiger partial charge in [-0.1, -0.05) is 19.9 Å². The molecule has 0 aromatic heterocycles. The van der Waals surface area contributed by atoms with Gasteiger partial charge in [0.1, 0.15) is 6.10 Å². The van der Waals surface area contributed by atoms with Crippen LogP contribution in [0.25, 0.3) is 0 Å². The third kappa shape index (κ3) is 5.33. The lowest BCUT2D eigenvalue weighted by Gasteiger charge is -2.18. The highest BCUT2D eigenvalue weighted by atomic mass is 16.5. The minimum absolute atomic E-state index is 0.0258. The zero-order chi connectivity index (χ0) is 13.6. The van der Waals surface area contributed by atoms with Gasteiger partial charge in [-0.3, -0.25) is 0 Å². The molecule has 1 unspecified atom stereocenters. The predicted molar refractivity (Wildman–Crippen MR) is 65.5 cm³/mol. The Morgan fingerprint density at radius 3 is 2.06 bits per heavy atom. The fraction of sp³-hybridized carbons (Fsp3) is 0.538. The number of carboxylic acids is 1. The maximum Gasteiger partial charge on any atom is 0.333 e. The molecule has 4 nitrogen and oxygen atoms in total. The van der Waals surface area contributed by atoms with Crippen molar-refractivity contribution < 1.29 is 19.4 Å². The molecule has 0 amide bonds. The van der Waals surface area contributed by atoms with Gasteiger partial charge in [0, 0.05) is 11.1 Å². The normalized spacial score (nSPS) is 14.7. The molecule has 0 bridgehead atoms. The molecule has 0 spiro atoms. The summed E-state index contributed by atoms with van der Waals surface area (Å²) >= 11 is 0. The van der Waals surface area contributed by atoms with Crippen LogP contribution in [-0.4, -0.2) is 23.1 Å². The van der Waals surface area contributed by atoms with Crippen molar-refractivity contribution in [2.75, 3.05) is 0 Å². The molecule has 4 heteroatoms. The number of hydrogen-bond acceptors (Lipinski definition) is 3. The summed E-state index contributed by atoms with van der Waals surface area (Å²) in [4.78, 5) is 22.3. The molecule has 0 aliphatic rings. The number of allylic oxidation sites excluding steroid dienone is 1. The van der Waals surface area contributed by atoms with Crippen LogP contribution >= 0.6 is 0 Å². The van der Waals surface area contributed by atoms with E-state index in [1.807, 2.05) is 13.8 Å². The fourth-order valence-corrected chi connectivity index (χ4v) is 1.01. The van der Waals surface area contributed by atoms with Crippen LogP contribution < -0.4 is 0 Å². The van der Waals surface area contributed by atoms with Crippen molar-refractivity contribution >= 4 is 11.9 Å². The van der Waals surface area contributed by atoms with Gasteiger partial charge in [0.15, 0.2) is 0 Å². The van der Waals surface area contributed by atoms with Crippen molar-refractivity contribution in [2.24, 2.45) is 5.92 Å². The maximum absolute atomic E-state index is 11.6. The largest absolute Gasteiger partial charge is 0.478 e. The van der Waals surface area contributed by atoms with Gasteiger partial charge in [-0.2, -0.15) is 0 Å². The highest BCUT2D eigenvalue weighted by Gasteiger charge is 2.18. The van der Waals surface area contributed by atoms with E-state index in [1.165, 1.54) is 13.0 Å². The lowest BCUT2D eigenvalue weighted by Crippen LogP contribution is -2.23. The van der Waals surface area contributed by atoms with E-state index in [2.05, 4.69) is 0 Å². The molecule has 96 valence electrons. The zero-order valence-electron chi connectivity index (χ0n) is 11.0. The maximum atomic E-state index is 11.6. The first-order chi connectivity index (χ1) is 7.79. The van der Waals surface area contributed by atoms with E-state index in [4.69, 9.17) is 9.84 Å². The Kier molecular flexibility index (Phi) is 6.25. The molecule has 0 fully saturated rings. The molecule has 0 heterocycles. The standard InChI is InChI=1S/C13H20O4/c1-6-9(4)13(16)17-11(8(2)3)7-10(5)12(14)15/h6-8,11H,1-5H3,(H,14,15). The summed E-state index contributed by atoms with van der Waals surface area (Å²) in [5.74, 6) is -1.40. The predicted octanol–water partition coefficient (Wildman–Crippen LogP) is 2.55.